The normalized spacial score (nSPS) is 30.1. The van der Waals surface area contributed by atoms with Gasteiger partial charge in [-0.05, 0) is 13.3 Å². The van der Waals surface area contributed by atoms with Crippen LogP contribution in [-0.4, -0.2) is 54.2 Å². The van der Waals surface area contributed by atoms with Crippen molar-refractivity contribution in [3.63, 3.8) is 0 Å². The fourth-order valence-electron chi connectivity index (χ4n) is 3.13. The summed E-state index contributed by atoms with van der Waals surface area (Å²) in [6.45, 7) is -0.184. The lowest BCUT2D eigenvalue weighted by atomic mass is 9.64. The van der Waals surface area contributed by atoms with Crippen molar-refractivity contribution < 1.29 is 83.8 Å². The molecule has 0 saturated carbocycles. The van der Waals surface area contributed by atoms with Gasteiger partial charge in [-0.1, -0.05) is 0 Å². The minimum Gasteiger partial charge on any atom is -0.339 e. The minimum absolute atomic E-state index is 0.184. The van der Waals surface area contributed by atoms with Crippen molar-refractivity contribution in [3.8, 4) is 0 Å². The van der Waals surface area contributed by atoms with Gasteiger partial charge in [0.25, 0.3) is 5.85 Å². The van der Waals surface area contributed by atoms with E-state index in [-0.39, 0.29) is 6.92 Å². The quantitative estimate of drug-likeness (QED) is 0.387. The van der Waals surface area contributed by atoms with E-state index in [9.17, 15) is 79.0 Å². The van der Waals surface area contributed by atoms with Gasteiger partial charge in [0, 0.05) is 0 Å². The molecule has 186 valence electrons. The number of hydrogen-bond donors (Lipinski definition) is 0. The minimum atomic E-state index is -8.18. The first kappa shape index (κ1) is 27.7. The van der Waals surface area contributed by atoms with Gasteiger partial charge in [0.2, 0.25) is 5.41 Å². The number of ether oxygens (including phenoxy) is 1. The maximum absolute atomic E-state index is 14.9. The van der Waals surface area contributed by atoms with E-state index >= 15 is 0 Å². The summed E-state index contributed by atoms with van der Waals surface area (Å²) in [7, 11) is 0. The Kier molecular flexibility index (Phi) is 5.92. The molecule has 1 rings (SSSR count). The molecule has 1 saturated heterocycles. The van der Waals surface area contributed by atoms with Crippen molar-refractivity contribution in [2.45, 2.75) is 67.5 Å². The van der Waals surface area contributed by atoms with Crippen molar-refractivity contribution in [1.82, 2.24) is 0 Å². The van der Waals surface area contributed by atoms with Crippen LogP contribution in [0.25, 0.3) is 0 Å². The Morgan fingerprint density at radius 1 is 0.645 bits per heavy atom. The monoisotopic (exact) mass is 508 g/mol. The van der Waals surface area contributed by atoms with E-state index in [1.165, 1.54) is 0 Å². The van der Waals surface area contributed by atoms with Crippen LogP contribution in [0.15, 0.2) is 0 Å². The molecule has 0 aliphatic carbocycles. The second-order valence-corrected chi connectivity index (χ2v) is 6.43. The highest BCUT2D eigenvalue weighted by Gasteiger charge is 3.01. The summed E-state index contributed by atoms with van der Waals surface area (Å²) in [4.78, 5) is 0. The van der Waals surface area contributed by atoms with Crippen molar-refractivity contribution in [1.29, 1.82) is 0 Å². The molecule has 1 aliphatic heterocycles. The van der Waals surface area contributed by atoms with Crippen molar-refractivity contribution in [3.05, 3.63) is 0 Å². The lowest BCUT2D eigenvalue weighted by molar-refractivity contribution is -0.489. The molecular weight excluding hydrogens is 502 g/mol. The highest BCUT2D eigenvalue weighted by Crippen LogP contribution is 2.74. The zero-order valence-electron chi connectivity index (χ0n) is 14.0. The second-order valence-electron chi connectivity index (χ2n) is 6.43. The maximum atomic E-state index is 14.9. The number of rotatable bonds is 3. The predicted molar refractivity (Wildman–Crippen MR) is 59.4 cm³/mol. The standard InChI is InChI=1S/C12H6F18O/c1-3-2-4(9(19,20)21,6(14,15)7(16,17)12(28,29)30)8(18,31-3)5(13,10(22,23)24)11(25,26)27/h3H,2H2,1H3. The molecule has 1 nitrogen and oxygen atoms in total. The van der Waals surface area contributed by atoms with Crippen LogP contribution in [0.2, 0.25) is 0 Å². The molecule has 3 unspecified atom stereocenters. The van der Waals surface area contributed by atoms with Crippen molar-refractivity contribution in [2.24, 2.45) is 5.41 Å². The van der Waals surface area contributed by atoms with Gasteiger partial charge in [-0.15, -0.1) is 0 Å². The summed E-state index contributed by atoms with van der Waals surface area (Å²) in [6.07, 6.45) is -38.1. The van der Waals surface area contributed by atoms with Crippen LogP contribution in [0.3, 0.4) is 0 Å². The molecule has 1 fully saturated rings. The summed E-state index contributed by atoms with van der Waals surface area (Å²) >= 11 is 0. The van der Waals surface area contributed by atoms with Crippen molar-refractivity contribution >= 4 is 0 Å². The summed E-state index contributed by atoms with van der Waals surface area (Å²) in [6, 6.07) is 0. The Bertz CT molecular complexity index is 668. The van der Waals surface area contributed by atoms with Gasteiger partial charge >= 0.3 is 42.2 Å². The van der Waals surface area contributed by atoms with Gasteiger partial charge in [0.15, 0.2) is 0 Å². The van der Waals surface area contributed by atoms with E-state index in [1.807, 2.05) is 0 Å². The SMILES string of the molecule is CC1CC(C(F)(F)F)(C(F)(F)C(F)(F)C(F)(F)F)C(F)(C(F)(C(F)(F)F)C(F)(F)F)O1. The first-order valence-corrected chi connectivity index (χ1v) is 7.18. The molecule has 0 aromatic rings. The van der Waals surface area contributed by atoms with E-state index in [0.29, 0.717) is 0 Å². The summed E-state index contributed by atoms with van der Waals surface area (Å²) in [5, 5.41) is 0. The average Bonchev–Trinajstić information content (AvgIpc) is 2.75. The first-order valence-electron chi connectivity index (χ1n) is 7.18. The van der Waals surface area contributed by atoms with Crippen LogP contribution in [0.1, 0.15) is 13.3 Å². The molecule has 0 N–H and O–H groups in total. The topological polar surface area (TPSA) is 9.23 Å². The molecular formula is C12H6F18O. The third kappa shape index (κ3) is 3.14. The number of halogens is 18. The van der Waals surface area contributed by atoms with Gasteiger partial charge in [-0.25, -0.2) is 8.78 Å². The molecule has 0 amide bonds. The lowest BCUT2D eigenvalue weighted by Gasteiger charge is -2.51. The van der Waals surface area contributed by atoms with Gasteiger partial charge in [-0.3, -0.25) is 0 Å². The van der Waals surface area contributed by atoms with E-state index in [2.05, 4.69) is 4.74 Å². The third-order valence-corrected chi connectivity index (χ3v) is 4.50. The molecule has 0 aromatic carbocycles. The lowest BCUT2D eigenvalue weighted by Crippen LogP contribution is -2.79. The molecule has 0 aromatic heterocycles. The Morgan fingerprint density at radius 2 is 1.00 bits per heavy atom. The van der Waals surface area contributed by atoms with Crippen LogP contribution in [0.4, 0.5) is 79.0 Å². The first-order chi connectivity index (χ1) is 13.1. The van der Waals surface area contributed by atoms with Gasteiger partial charge < -0.3 is 4.74 Å². The van der Waals surface area contributed by atoms with Crippen LogP contribution in [0, 0.1) is 5.41 Å². The van der Waals surface area contributed by atoms with Gasteiger partial charge in [0.05, 0.1) is 6.10 Å². The summed E-state index contributed by atoms with van der Waals surface area (Å²) < 4.78 is 241. The highest BCUT2D eigenvalue weighted by atomic mass is 19.4. The fraction of sp³-hybridized carbons (Fsp3) is 1.00. The second kappa shape index (κ2) is 6.61. The van der Waals surface area contributed by atoms with Gasteiger partial charge in [0.1, 0.15) is 0 Å². The third-order valence-electron chi connectivity index (χ3n) is 4.50. The molecule has 19 heteroatoms. The Morgan fingerprint density at radius 3 is 1.26 bits per heavy atom. The van der Waals surface area contributed by atoms with Crippen LogP contribution < -0.4 is 0 Å². The van der Waals surface area contributed by atoms with Gasteiger partial charge in [-0.2, -0.15) is 70.2 Å². The van der Waals surface area contributed by atoms with E-state index in [1.54, 1.807) is 0 Å². The highest BCUT2D eigenvalue weighted by molar-refractivity contribution is 5.25. The maximum Gasteiger partial charge on any atom is 0.459 e. The zero-order valence-corrected chi connectivity index (χ0v) is 14.0. The molecule has 0 bridgehead atoms. The summed E-state index contributed by atoms with van der Waals surface area (Å²) in [5.74, 6) is -23.9. The van der Waals surface area contributed by atoms with E-state index < -0.39 is 66.0 Å². The van der Waals surface area contributed by atoms with Crippen molar-refractivity contribution in [2.75, 3.05) is 0 Å². The van der Waals surface area contributed by atoms with E-state index in [0.717, 1.165) is 0 Å². The zero-order chi connectivity index (χ0) is 25.5. The Hall–Kier alpha value is -1.30. The number of hydrogen-bond acceptors (Lipinski definition) is 1. The molecule has 1 heterocycles. The van der Waals surface area contributed by atoms with Crippen LogP contribution >= 0.6 is 0 Å². The van der Waals surface area contributed by atoms with E-state index in [4.69, 9.17) is 0 Å². The molecule has 1 aliphatic rings. The average molecular weight is 508 g/mol. The molecule has 31 heavy (non-hydrogen) atoms. The molecule has 0 radical (unpaired) electrons. The molecule has 0 spiro atoms. The fourth-order valence-corrected chi connectivity index (χ4v) is 3.13. The molecule has 3 atom stereocenters. The summed E-state index contributed by atoms with van der Waals surface area (Å²) in [5.41, 5.74) is -15.4. The predicted octanol–water partition coefficient (Wildman–Crippen LogP) is 6.68. The Balaban J connectivity index is 4.28. The van der Waals surface area contributed by atoms with Crippen LogP contribution in [0.5, 0.6) is 0 Å². The van der Waals surface area contributed by atoms with Crippen LogP contribution in [-0.2, 0) is 4.74 Å². The number of alkyl halides is 18. The largest absolute Gasteiger partial charge is 0.459 e. The Labute approximate surface area is 158 Å². The smallest absolute Gasteiger partial charge is 0.339 e.